The molecule has 7 nitrogen and oxygen atoms in total. The molecule has 0 aliphatic carbocycles. The van der Waals surface area contributed by atoms with Gasteiger partial charge in [-0.05, 0) is 36.6 Å². The number of nitrogens with one attached hydrogen (secondary N) is 3. The Bertz CT molecular complexity index is 729. The first-order valence-electron chi connectivity index (χ1n) is 8.82. The first-order valence-corrected chi connectivity index (χ1v) is 8.82. The maximum atomic E-state index is 12.6. The standard InChI is InChI=1S/C18H22N4O3/c23-16-4-3-15(17(24)21-16)22-10-12-7-11(1-2-14(12)18(22)25)8-19-9-13-5-6-20-13/h1-2,7,13,15,19-20H,3-6,8-10H2,(H,21,23,24). The number of amides is 3. The highest BCUT2D eigenvalue weighted by molar-refractivity contribution is 6.05. The van der Waals surface area contributed by atoms with Gasteiger partial charge in [-0.25, -0.2) is 0 Å². The van der Waals surface area contributed by atoms with Gasteiger partial charge >= 0.3 is 0 Å². The maximum absolute atomic E-state index is 12.6. The minimum atomic E-state index is -0.552. The first kappa shape index (κ1) is 16.2. The van der Waals surface area contributed by atoms with E-state index in [1.54, 1.807) is 4.90 Å². The molecule has 3 amide bonds. The Labute approximate surface area is 146 Å². The average molecular weight is 342 g/mol. The summed E-state index contributed by atoms with van der Waals surface area (Å²) in [6.07, 6.45) is 1.89. The van der Waals surface area contributed by atoms with E-state index >= 15 is 0 Å². The van der Waals surface area contributed by atoms with E-state index in [1.807, 2.05) is 18.2 Å². The fraction of sp³-hybridized carbons (Fsp3) is 0.500. The van der Waals surface area contributed by atoms with Crippen LogP contribution in [0, 0.1) is 0 Å². The van der Waals surface area contributed by atoms with Gasteiger partial charge in [0.2, 0.25) is 11.8 Å². The molecule has 3 heterocycles. The number of fused-ring (bicyclic) bond motifs is 1. The normalized spacial score (nSPS) is 25.6. The van der Waals surface area contributed by atoms with Crippen molar-refractivity contribution < 1.29 is 14.4 Å². The van der Waals surface area contributed by atoms with Crippen LogP contribution in [0.25, 0.3) is 0 Å². The van der Waals surface area contributed by atoms with Gasteiger partial charge in [-0.2, -0.15) is 0 Å². The van der Waals surface area contributed by atoms with Gasteiger partial charge in [0.1, 0.15) is 6.04 Å². The van der Waals surface area contributed by atoms with E-state index in [4.69, 9.17) is 0 Å². The Kier molecular flexibility index (Phi) is 4.27. The molecule has 25 heavy (non-hydrogen) atoms. The molecule has 4 rings (SSSR count). The lowest BCUT2D eigenvalue weighted by molar-refractivity contribution is -0.136. The van der Waals surface area contributed by atoms with Crippen molar-refractivity contribution in [1.82, 2.24) is 20.9 Å². The van der Waals surface area contributed by atoms with Gasteiger partial charge in [0, 0.05) is 37.7 Å². The number of benzene rings is 1. The Hall–Kier alpha value is -2.25. The monoisotopic (exact) mass is 342 g/mol. The Morgan fingerprint density at radius 1 is 1.20 bits per heavy atom. The molecule has 132 valence electrons. The quantitative estimate of drug-likeness (QED) is 0.650. The second kappa shape index (κ2) is 6.57. The molecule has 0 aromatic heterocycles. The minimum absolute atomic E-state index is 0.123. The van der Waals surface area contributed by atoms with Gasteiger partial charge in [0.15, 0.2) is 0 Å². The summed E-state index contributed by atoms with van der Waals surface area (Å²) in [5.74, 6) is -0.755. The number of hydrogen-bond donors (Lipinski definition) is 3. The van der Waals surface area contributed by atoms with Crippen molar-refractivity contribution in [2.75, 3.05) is 13.1 Å². The van der Waals surface area contributed by atoms with E-state index in [1.165, 1.54) is 6.42 Å². The molecule has 0 radical (unpaired) electrons. The summed E-state index contributed by atoms with van der Waals surface area (Å²) in [6, 6.07) is 5.87. The molecule has 2 unspecified atom stereocenters. The van der Waals surface area contributed by atoms with Crippen LogP contribution in [0.15, 0.2) is 18.2 Å². The highest BCUT2D eigenvalue weighted by Crippen LogP contribution is 2.28. The summed E-state index contributed by atoms with van der Waals surface area (Å²) in [4.78, 5) is 37.6. The van der Waals surface area contributed by atoms with Gasteiger partial charge < -0.3 is 15.5 Å². The fourth-order valence-corrected chi connectivity index (χ4v) is 3.65. The van der Waals surface area contributed by atoms with Crippen molar-refractivity contribution in [3.8, 4) is 0 Å². The number of carbonyl (C=O) groups is 3. The van der Waals surface area contributed by atoms with Crippen molar-refractivity contribution in [1.29, 1.82) is 0 Å². The molecule has 3 aliphatic heterocycles. The molecule has 0 saturated carbocycles. The lowest BCUT2D eigenvalue weighted by atomic mass is 10.0. The number of rotatable bonds is 5. The molecule has 3 N–H and O–H groups in total. The van der Waals surface area contributed by atoms with Gasteiger partial charge in [-0.1, -0.05) is 12.1 Å². The molecule has 7 heteroatoms. The predicted molar refractivity (Wildman–Crippen MR) is 90.6 cm³/mol. The average Bonchev–Trinajstić information content (AvgIpc) is 2.86. The van der Waals surface area contributed by atoms with Crippen molar-refractivity contribution in [3.05, 3.63) is 34.9 Å². The second-order valence-corrected chi connectivity index (χ2v) is 6.96. The zero-order valence-corrected chi connectivity index (χ0v) is 14.0. The van der Waals surface area contributed by atoms with Crippen LogP contribution in [0.5, 0.6) is 0 Å². The molecule has 3 aliphatic rings. The number of nitrogens with zero attached hydrogens (tertiary/aromatic N) is 1. The highest BCUT2D eigenvalue weighted by atomic mass is 16.2. The van der Waals surface area contributed by atoms with Crippen LogP contribution in [-0.2, 0) is 22.7 Å². The SMILES string of the molecule is O=C1CCC(N2Cc3cc(CNCC4CCN4)ccc3C2=O)C(=O)N1. The summed E-state index contributed by atoms with van der Waals surface area (Å²) >= 11 is 0. The summed E-state index contributed by atoms with van der Waals surface area (Å²) in [7, 11) is 0. The smallest absolute Gasteiger partial charge is 0.255 e. The fourth-order valence-electron chi connectivity index (χ4n) is 3.65. The molecule has 2 saturated heterocycles. The van der Waals surface area contributed by atoms with E-state index in [0.29, 0.717) is 24.6 Å². The van der Waals surface area contributed by atoms with Gasteiger partial charge in [0.05, 0.1) is 0 Å². The van der Waals surface area contributed by atoms with E-state index in [-0.39, 0.29) is 24.1 Å². The second-order valence-electron chi connectivity index (χ2n) is 6.96. The number of piperidine rings is 1. The summed E-state index contributed by atoms with van der Waals surface area (Å²) in [6.45, 7) is 3.23. The Balaban J connectivity index is 1.41. The Morgan fingerprint density at radius 2 is 2.04 bits per heavy atom. The van der Waals surface area contributed by atoms with Crippen LogP contribution in [-0.4, -0.2) is 47.8 Å². The van der Waals surface area contributed by atoms with Gasteiger partial charge in [-0.15, -0.1) is 0 Å². The molecular weight excluding hydrogens is 320 g/mol. The topological polar surface area (TPSA) is 90.5 Å². The van der Waals surface area contributed by atoms with Gasteiger partial charge in [0.25, 0.3) is 5.91 Å². The van der Waals surface area contributed by atoms with Crippen LogP contribution < -0.4 is 16.0 Å². The largest absolute Gasteiger partial charge is 0.322 e. The van der Waals surface area contributed by atoms with Crippen molar-refractivity contribution in [3.63, 3.8) is 0 Å². The lowest BCUT2D eigenvalue weighted by Gasteiger charge is -2.29. The number of carbonyl (C=O) groups excluding carboxylic acids is 3. The van der Waals surface area contributed by atoms with Crippen LogP contribution in [0.4, 0.5) is 0 Å². The molecule has 0 bridgehead atoms. The van der Waals surface area contributed by atoms with Crippen molar-refractivity contribution in [2.24, 2.45) is 0 Å². The lowest BCUT2D eigenvalue weighted by Crippen LogP contribution is -2.52. The highest BCUT2D eigenvalue weighted by Gasteiger charge is 2.38. The predicted octanol–water partition coefficient (Wildman–Crippen LogP) is -0.101. The first-order chi connectivity index (χ1) is 12.1. The number of hydrogen-bond acceptors (Lipinski definition) is 5. The molecule has 1 aromatic carbocycles. The zero-order chi connectivity index (χ0) is 17.4. The van der Waals surface area contributed by atoms with E-state index < -0.39 is 6.04 Å². The van der Waals surface area contributed by atoms with Crippen molar-refractivity contribution in [2.45, 2.75) is 44.4 Å². The molecular formula is C18H22N4O3. The van der Waals surface area contributed by atoms with E-state index in [0.717, 1.165) is 30.8 Å². The molecule has 2 atom stereocenters. The van der Waals surface area contributed by atoms with Crippen LogP contribution in [0.1, 0.15) is 40.7 Å². The molecule has 1 aromatic rings. The number of imide groups is 1. The third-order valence-electron chi connectivity index (χ3n) is 5.23. The third-order valence-corrected chi connectivity index (χ3v) is 5.23. The summed E-state index contributed by atoms with van der Waals surface area (Å²) < 4.78 is 0. The van der Waals surface area contributed by atoms with Crippen LogP contribution in [0.2, 0.25) is 0 Å². The molecule has 0 spiro atoms. The van der Waals surface area contributed by atoms with Crippen molar-refractivity contribution >= 4 is 17.7 Å². The minimum Gasteiger partial charge on any atom is -0.322 e. The van der Waals surface area contributed by atoms with Gasteiger partial charge in [-0.3, -0.25) is 19.7 Å². The maximum Gasteiger partial charge on any atom is 0.255 e. The summed E-state index contributed by atoms with van der Waals surface area (Å²) in [5.41, 5.74) is 2.75. The van der Waals surface area contributed by atoms with Crippen LogP contribution in [0.3, 0.4) is 0 Å². The molecule has 2 fully saturated rings. The summed E-state index contributed by atoms with van der Waals surface area (Å²) in [5, 5.41) is 9.11. The third kappa shape index (κ3) is 3.17. The Morgan fingerprint density at radius 3 is 2.76 bits per heavy atom. The van der Waals surface area contributed by atoms with E-state index in [2.05, 4.69) is 16.0 Å². The van der Waals surface area contributed by atoms with Crippen LogP contribution >= 0.6 is 0 Å². The van der Waals surface area contributed by atoms with E-state index in [9.17, 15) is 14.4 Å². The zero-order valence-electron chi connectivity index (χ0n) is 14.0.